The van der Waals surface area contributed by atoms with Crippen molar-refractivity contribution in [3.63, 3.8) is 0 Å². The van der Waals surface area contributed by atoms with Crippen LogP contribution in [0, 0.1) is 11.2 Å². The number of nitrogens with one attached hydrogen (secondary N) is 2. The number of carbonyl (C=O) groups is 1. The van der Waals surface area contributed by atoms with Crippen LogP contribution in [0.2, 0.25) is 0 Å². The van der Waals surface area contributed by atoms with E-state index in [4.69, 9.17) is 0 Å². The van der Waals surface area contributed by atoms with Gasteiger partial charge in [-0.15, -0.1) is 0 Å². The Morgan fingerprint density at radius 2 is 1.96 bits per heavy atom. The summed E-state index contributed by atoms with van der Waals surface area (Å²) in [7, 11) is 0. The highest BCUT2D eigenvalue weighted by molar-refractivity contribution is 5.73. The number of ether oxygens (including phenoxy) is 1. The van der Waals surface area contributed by atoms with Crippen LogP contribution < -0.4 is 15.4 Å². The van der Waals surface area contributed by atoms with E-state index in [1.165, 1.54) is 12.1 Å². The van der Waals surface area contributed by atoms with Crippen LogP contribution in [0.5, 0.6) is 5.75 Å². The van der Waals surface area contributed by atoms with E-state index < -0.39 is 30.0 Å². The molecule has 0 saturated heterocycles. The first-order chi connectivity index (χ1) is 10.6. The zero-order chi connectivity index (χ0) is 17.6. The number of carbonyl (C=O) groups excluding carboxylic acids is 1. The molecular weight excluding hydrogens is 313 g/mol. The fourth-order valence-electron chi connectivity index (χ4n) is 1.64. The third-order valence-corrected chi connectivity index (χ3v) is 3.17. The molecule has 1 aromatic rings. The molecule has 1 rings (SSSR count). The van der Waals surface area contributed by atoms with E-state index in [9.17, 15) is 23.1 Å². The number of amides is 2. The molecule has 130 valence electrons. The number of hydrogen-bond acceptors (Lipinski definition) is 3. The van der Waals surface area contributed by atoms with E-state index >= 15 is 0 Å². The van der Waals surface area contributed by atoms with Crippen molar-refractivity contribution >= 4 is 6.03 Å². The van der Waals surface area contributed by atoms with Crippen molar-refractivity contribution in [3.05, 3.63) is 29.6 Å². The number of hydrogen-bond donors (Lipinski definition) is 3. The fourth-order valence-corrected chi connectivity index (χ4v) is 1.64. The van der Waals surface area contributed by atoms with Crippen LogP contribution in [0.25, 0.3) is 0 Å². The molecule has 0 fully saturated rings. The monoisotopic (exact) mass is 334 g/mol. The zero-order valence-corrected chi connectivity index (χ0v) is 13.2. The molecule has 0 heterocycles. The van der Waals surface area contributed by atoms with Gasteiger partial charge in [0.15, 0.2) is 0 Å². The van der Waals surface area contributed by atoms with Crippen LogP contribution >= 0.6 is 0 Å². The van der Waals surface area contributed by atoms with Gasteiger partial charge in [-0.2, -0.15) is 8.78 Å². The maximum absolute atomic E-state index is 13.7. The first-order valence-corrected chi connectivity index (χ1v) is 7.03. The largest absolute Gasteiger partial charge is 0.434 e. The minimum atomic E-state index is -3.09. The Kier molecular flexibility index (Phi) is 6.68. The summed E-state index contributed by atoms with van der Waals surface area (Å²) in [5.41, 5.74) is -0.587. The SMILES string of the molecule is CC(C)(C)C(O)CNC(=O)NCc1c(F)cccc1OC(F)F. The molecule has 3 N–H and O–H groups in total. The summed E-state index contributed by atoms with van der Waals surface area (Å²) in [6, 6.07) is 2.85. The third kappa shape index (κ3) is 6.35. The molecule has 0 aliphatic heterocycles. The number of halogens is 3. The highest BCUT2D eigenvalue weighted by atomic mass is 19.3. The molecule has 0 saturated carbocycles. The summed E-state index contributed by atoms with van der Waals surface area (Å²) < 4.78 is 42.5. The molecular formula is C15H21F3N2O3. The second kappa shape index (κ2) is 8.05. The van der Waals surface area contributed by atoms with Gasteiger partial charge < -0.3 is 20.5 Å². The molecule has 1 aromatic carbocycles. The summed E-state index contributed by atoms with van der Waals surface area (Å²) in [4.78, 5) is 11.6. The zero-order valence-electron chi connectivity index (χ0n) is 13.2. The lowest BCUT2D eigenvalue weighted by Gasteiger charge is -2.25. The lowest BCUT2D eigenvalue weighted by molar-refractivity contribution is -0.0506. The minimum absolute atomic E-state index is 0.00694. The molecule has 0 radical (unpaired) electrons. The van der Waals surface area contributed by atoms with Crippen molar-refractivity contribution in [3.8, 4) is 5.75 Å². The number of alkyl halides is 2. The Labute approximate surface area is 132 Å². The Morgan fingerprint density at radius 1 is 1.30 bits per heavy atom. The maximum Gasteiger partial charge on any atom is 0.387 e. The van der Waals surface area contributed by atoms with Crippen LogP contribution in [-0.4, -0.2) is 30.4 Å². The van der Waals surface area contributed by atoms with Gasteiger partial charge in [0.1, 0.15) is 11.6 Å². The molecule has 23 heavy (non-hydrogen) atoms. The molecule has 2 amide bonds. The summed E-state index contributed by atoms with van der Waals surface area (Å²) >= 11 is 0. The molecule has 0 aromatic heterocycles. The van der Waals surface area contributed by atoms with Gasteiger partial charge in [-0.1, -0.05) is 26.8 Å². The topological polar surface area (TPSA) is 70.6 Å². The quantitative estimate of drug-likeness (QED) is 0.749. The Bertz CT molecular complexity index is 533. The Hall–Kier alpha value is -1.96. The highest BCUT2D eigenvalue weighted by Gasteiger charge is 2.22. The van der Waals surface area contributed by atoms with Crippen molar-refractivity contribution in [2.45, 2.75) is 40.0 Å². The number of benzene rings is 1. The molecule has 1 atom stereocenters. The number of aliphatic hydroxyl groups excluding tert-OH is 1. The molecule has 8 heteroatoms. The molecule has 0 bridgehead atoms. The van der Waals surface area contributed by atoms with E-state index in [2.05, 4.69) is 15.4 Å². The third-order valence-electron chi connectivity index (χ3n) is 3.17. The number of urea groups is 1. The first-order valence-electron chi connectivity index (χ1n) is 7.03. The van der Waals surface area contributed by atoms with Gasteiger partial charge in [0.25, 0.3) is 0 Å². The van der Waals surface area contributed by atoms with E-state index in [-0.39, 0.29) is 24.4 Å². The van der Waals surface area contributed by atoms with Crippen molar-refractivity contribution in [1.82, 2.24) is 10.6 Å². The van der Waals surface area contributed by atoms with Gasteiger partial charge in [-0.25, -0.2) is 9.18 Å². The second-order valence-electron chi connectivity index (χ2n) is 6.04. The van der Waals surface area contributed by atoms with Gasteiger partial charge in [-0.3, -0.25) is 0 Å². The summed E-state index contributed by atoms with van der Waals surface area (Å²) in [5.74, 6) is -1.10. The smallest absolute Gasteiger partial charge is 0.387 e. The van der Waals surface area contributed by atoms with Gasteiger partial charge in [0.05, 0.1) is 12.6 Å². The van der Waals surface area contributed by atoms with Gasteiger partial charge >= 0.3 is 12.6 Å². The van der Waals surface area contributed by atoms with Gasteiger partial charge in [0, 0.05) is 12.1 Å². The minimum Gasteiger partial charge on any atom is -0.434 e. The van der Waals surface area contributed by atoms with E-state index in [1.807, 2.05) is 20.8 Å². The maximum atomic E-state index is 13.7. The van der Waals surface area contributed by atoms with Gasteiger partial charge in [0.2, 0.25) is 0 Å². The van der Waals surface area contributed by atoms with Crippen molar-refractivity contribution in [1.29, 1.82) is 0 Å². The normalized spacial score (nSPS) is 12.9. The van der Waals surface area contributed by atoms with Crippen LogP contribution in [0.1, 0.15) is 26.3 Å². The standard InChI is InChI=1S/C15H21F3N2O3/c1-15(2,3)12(21)8-20-14(22)19-7-9-10(16)5-4-6-11(9)23-13(17)18/h4-6,12-13,21H,7-8H2,1-3H3,(H2,19,20,22). The summed E-state index contributed by atoms with van der Waals surface area (Å²) in [6.45, 7) is 2.02. The number of aliphatic hydroxyl groups is 1. The fraction of sp³-hybridized carbons (Fsp3) is 0.533. The van der Waals surface area contributed by atoms with Gasteiger partial charge in [-0.05, 0) is 17.5 Å². The Morgan fingerprint density at radius 3 is 2.52 bits per heavy atom. The lowest BCUT2D eigenvalue weighted by atomic mass is 9.89. The van der Waals surface area contributed by atoms with E-state index in [1.54, 1.807) is 0 Å². The summed E-state index contributed by atoms with van der Waals surface area (Å²) in [6.07, 6.45) is -0.764. The summed E-state index contributed by atoms with van der Waals surface area (Å²) in [5, 5.41) is 14.6. The van der Waals surface area contributed by atoms with E-state index in [0.717, 1.165) is 6.07 Å². The predicted molar refractivity (Wildman–Crippen MR) is 78.7 cm³/mol. The predicted octanol–water partition coefficient (Wildman–Crippen LogP) is 2.63. The molecule has 0 aliphatic rings. The molecule has 5 nitrogen and oxygen atoms in total. The lowest BCUT2D eigenvalue weighted by Crippen LogP contribution is -2.43. The van der Waals surface area contributed by atoms with Crippen LogP contribution in [0.15, 0.2) is 18.2 Å². The average molecular weight is 334 g/mol. The molecule has 0 aliphatic carbocycles. The van der Waals surface area contributed by atoms with Crippen molar-refractivity contribution < 1.29 is 27.8 Å². The highest BCUT2D eigenvalue weighted by Crippen LogP contribution is 2.23. The average Bonchev–Trinajstić information content (AvgIpc) is 2.42. The molecule has 1 unspecified atom stereocenters. The van der Waals surface area contributed by atoms with E-state index in [0.29, 0.717) is 0 Å². The van der Waals surface area contributed by atoms with Crippen molar-refractivity contribution in [2.75, 3.05) is 6.54 Å². The number of rotatable bonds is 6. The second-order valence-corrected chi connectivity index (χ2v) is 6.04. The first kappa shape index (κ1) is 19.1. The Balaban J connectivity index is 2.59. The molecule has 0 spiro atoms. The van der Waals surface area contributed by atoms with Crippen LogP contribution in [0.3, 0.4) is 0 Å². The van der Waals surface area contributed by atoms with Crippen LogP contribution in [-0.2, 0) is 6.54 Å². The van der Waals surface area contributed by atoms with Crippen LogP contribution in [0.4, 0.5) is 18.0 Å². The van der Waals surface area contributed by atoms with Crippen molar-refractivity contribution in [2.24, 2.45) is 5.41 Å².